The maximum atomic E-state index is 5.88. The Hall–Kier alpha value is -0.680. The van der Waals surface area contributed by atoms with Crippen molar-refractivity contribution < 1.29 is 0 Å². The SMILES string of the molecule is NC1CCC(CNc2ncncc2Br)CC1. The van der Waals surface area contributed by atoms with Crippen LogP contribution < -0.4 is 11.1 Å². The van der Waals surface area contributed by atoms with Crippen molar-refractivity contribution in [2.24, 2.45) is 11.7 Å². The fourth-order valence-corrected chi connectivity index (χ4v) is 2.44. The highest BCUT2D eigenvalue weighted by Gasteiger charge is 2.18. The molecule has 0 aromatic carbocycles. The molecule has 0 saturated heterocycles. The Balaban J connectivity index is 1.81. The van der Waals surface area contributed by atoms with Gasteiger partial charge < -0.3 is 11.1 Å². The summed E-state index contributed by atoms with van der Waals surface area (Å²) in [6.07, 6.45) is 8.05. The summed E-state index contributed by atoms with van der Waals surface area (Å²) in [4.78, 5) is 8.12. The van der Waals surface area contributed by atoms with E-state index in [1.165, 1.54) is 12.8 Å². The molecule has 3 N–H and O–H groups in total. The second-order valence-corrected chi connectivity index (χ2v) is 5.24. The van der Waals surface area contributed by atoms with E-state index in [1.807, 2.05) is 0 Å². The molecular formula is C11H17BrN4. The fraction of sp³-hybridized carbons (Fsp3) is 0.636. The van der Waals surface area contributed by atoms with Crippen molar-refractivity contribution in [2.45, 2.75) is 31.7 Å². The zero-order valence-corrected chi connectivity index (χ0v) is 10.8. The van der Waals surface area contributed by atoms with Crippen LogP contribution in [0.25, 0.3) is 0 Å². The largest absolute Gasteiger partial charge is 0.369 e. The topological polar surface area (TPSA) is 63.8 Å². The minimum absolute atomic E-state index is 0.419. The zero-order valence-electron chi connectivity index (χ0n) is 9.19. The molecule has 0 atom stereocenters. The Kier molecular flexibility index (Phi) is 4.12. The van der Waals surface area contributed by atoms with Gasteiger partial charge in [0, 0.05) is 18.8 Å². The van der Waals surface area contributed by atoms with Crippen LogP contribution in [-0.2, 0) is 0 Å². The smallest absolute Gasteiger partial charge is 0.143 e. The van der Waals surface area contributed by atoms with Crippen LogP contribution in [0.1, 0.15) is 25.7 Å². The molecule has 1 heterocycles. The van der Waals surface area contributed by atoms with Gasteiger partial charge in [-0.2, -0.15) is 0 Å². The second-order valence-electron chi connectivity index (χ2n) is 4.38. The average Bonchev–Trinajstić information content (AvgIpc) is 2.30. The molecule has 0 spiro atoms. The van der Waals surface area contributed by atoms with Crippen LogP contribution >= 0.6 is 15.9 Å². The minimum Gasteiger partial charge on any atom is -0.369 e. The highest BCUT2D eigenvalue weighted by molar-refractivity contribution is 9.10. The lowest BCUT2D eigenvalue weighted by Crippen LogP contribution is -2.29. The first-order chi connectivity index (χ1) is 7.75. The van der Waals surface area contributed by atoms with E-state index in [1.54, 1.807) is 12.5 Å². The molecule has 4 nitrogen and oxygen atoms in total. The van der Waals surface area contributed by atoms with Gasteiger partial charge in [0.2, 0.25) is 0 Å². The third-order valence-corrected chi connectivity index (χ3v) is 3.70. The van der Waals surface area contributed by atoms with Gasteiger partial charge in [0.15, 0.2) is 0 Å². The number of nitrogens with zero attached hydrogens (tertiary/aromatic N) is 2. The van der Waals surface area contributed by atoms with Crippen LogP contribution in [0.5, 0.6) is 0 Å². The Bertz CT molecular complexity index is 337. The summed E-state index contributed by atoms with van der Waals surface area (Å²) in [7, 11) is 0. The maximum absolute atomic E-state index is 5.88. The van der Waals surface area contributed by atoms with Gasteiger partial charge >= 0.3 is 0 Å². The molecule has 0 unspecified atom stereocenters. The lowest BCUT2D eigenvalue weighted by atomic mass is 9.86. The molecule has 1 aliphatic rings. The third-order valence-electron chi connectivity index (χ3n) is 3.12. The van der Waals surface area contributed by atoms with Gasteiger partial charge in [0.1, 0.15) is 12.1 Å². The first kappa shape index (κ1) is 11.8. The van der Waals surface area contributed by atoms with Crippen LogP contribution in [-0.4, -0.2) is 22.6 Å². The molecule has 0 bridgehead atoms. The van der Waals surface area contributed by atoms with Crippen LogP contribution in [0.2, 0.25) is 0 Å². The summed E-state index contributed by atoms with van der Waals surface area (Å²) in [6, 6.07) is 0.419. The van der Waals surface area contributed by atoms with Crippen molar-refractivity contribution in [1.29, 1.82) is 0 Å². The molecule has 2 rings (SSSR count). The van der Waals surface area contributed by atoms with E-state index in [9.17, 15) is 0 Å². The number of halogens is 1. The Morgan fingerprint density at radius 3 is 2.81 bits per heavy atom. The van der Waals surface area contributed by atoms with Gasteiger partial charge in [-0.3, -0.25) is 0 Å². The first-order valence-electron chi connectivity index (χ1n) is 5.70. The first-order valence-corrected chi connectivity index (χ1v) is 6.50. The van der Waals surface area contributed by atoms with Gasteiger partial charge in [0.05, 0.1) is 4.47 Å². The van der Waals surface area contributed by atoms with E-state index < -0.39 is 0 Å². The van der Waals surface area contributed by atoms with Gasteiger partial charge in [-0.05, 0) is 47.5 Å². The number of anilines is 1. The Morgan fingerprint density at radius 1 is 1.38 bits per heavy atom. The van der Waals surface area contributed by atoms with Gasteiger partial charge in [-0.15, -0.1) is 0 Å². The number of nitrogens with one attached hydrogen (secondary N) is 1. The van der Waals surface area contributed by atoms with Crippen molar-refractivity contribution >= 4 is 21.7 Å². The predicted molar refractivity (Wildman–Crippen MR) is 68.2 cm³/mol. The summed E-state index contributed by atoms with van der Waals surface area (Å²) >= 11 is 3.42. The standard InChI is InChI=1S/C11H17BrN4/c12-10-6-14-7-16-11(10)15-5-8-1-3-9(13)4-2-8/h6-9H,1-5,13H2,(H,14,15,16). The monoisotopic (exact) mass is 284 g/mol. The highest BCUT2D eigenvalue weighted by atomic mass is 79.9. The molecule has 5 heteroatoms. The number of nitrogens with two attached hydrogens (primary N) is 1. The van der Waals surface area contributed by atoms with E-state index in [4.69, 9.17) is 5.73 Å². The molecule has 88 valence electrons. The van der Waals surface area contributed by atoms with Crippen LogP contribution in [0.3, 0.4) is 0 Å². The van der Waals surface area contributed by atoms with Crippen molar-refractivity contribution in [2.75, 3.05) is 11.9 Å². The number of hydrogen-bond donors (Lipinski definition) is 2. The second kappa shape index (κ2) is 5.59. The summed E-state index contributed by atoms with van der Waals surface area (Å²) < 4.78 is 0.919. The van der Waals surface area contributed by atoms with E-state index in [0.29, 0.717) is 6.04 Å². The van der Waals surface area contributed by atoms with Crippen molar-refractivity contribution in [1.82, 2.24) is 9.97 Å². The Morgan fingerprint density at radius 2 is 2.12 bits per heavy atom. The summed E-state index contributed by atoms with van der Waals surface area (Å²) in [6.45, 7) is 0.975. The van der Waals surface area contributed by atoms with Gasteiger partial charge in [-0.1, -0.05) is 0 Å². The number of rotatable bonds is 3. The molecule has 1 aromatic heterocycles. The molecule has 0 aliphatic heterocycles. The van der Waals surface area contributed by atoms with Crippen LogP contribution in [0.15, 0.2) is 17.0 Å². The van der Waals surface area contributed by atoms with E-state index in [2.05, 4.69) is 31.2 Å². The van der Waals surface area contributed by atoms with Crippen molar-refractivity contribution in [3.63, 3.8) is 0 Å². The fourth-order valence-electron chi connectivity index (χ4n) is 2.08. The summed E-state index contributed by atoms with van der Waals surface area (Å²) in [5.41, 5.74) is 5.88. The third kappa shape index (κ3) is 3.15. The van der Waals surface area contributed by atoms with E-state index in [0.717, 1.165) is 35.6 Å². The number of aromatic nitrogens is 2. The maximum Gasteiger partial charge on any atom is 0.143 e. The van der Waals surface area contributed by atoms with Crippen molar-refractivity contribution in [3.8, 4) is 0 Å². The van der Waals surface area contributed by atoms with Crippen molar-refractivity contribution in [3.05, 3.63) is 17.0 Å². The quantitative estimate of drug-likeness (QED) is 0.893. The number of hydrogen-bond acceptors (Lipinski definition) is 4. The Labute approximate surface area is 104 Å². The highest BCUT2D eigenvalue weighted by Crippen LogP contribution is 2.24. The average molecular weight is 285 g/mol. The normalized spacial score (nSPS) is 25.4. The molecule has 16 heavy (non-hydrogen) atoms. The predicted octanol–water partition coefficient (Wildman–Crippen LogP) is 2.17. The zero-order chi connectivity index (χ0) is 11.4. The molecule has 1 aromatic rings. The van der Waals surface area contributed by atoms with Crippen LogP contribution in [0, 0.1) is 5.92 Å². The summed E-state index contributed by atoms with van der Waals surface area (Å²) in [5, 5.41) is 3.36. The van der Waals surface area contributed by atoms with Gasteiger partial charge in [0.25, 0.3) is 0 Å². The van der Waals surface area contributed by atoms with Crippen LogP contribution in [0.4, 0.5) is 5.82 Å². The van der Waals surface area contributed by atoms with Gasteiger partial charge in [-0.25, -0.2) is 9.97 Å². The molecule has 1 saturated carbocycles. The molecule has 0 radical (unpaired) electrons. The molecular weight excluding hydrogens is 268 g/mol. The summed E-state index contributed by atoms with van der Waals surface area (Å²) in [5.74, 6) is 1.60. The minimum atomic E-state index is 0.419. The molecule has 1 aliphatic carbocycles. The van der Waals surface area contributed by atoms with E-state index in [-0.39, 0.29) is 0 Å². The van der Waals surface area contributed by atoms with E-state index >= 15 is 0 Å². The molecule has 1 fully saturated rings. The molecule has 0 amide bonds. The lowest BCUT2D eigenvalue weighted by molar-refractivity contribution is 0.338. The lowest BCUT2D eigenvalue weighted by Gasteiger charge is -2.26.